The maximum absolute atomic E-state index is 10.2. The topological polar surface area (TPSA) is 63.3 Å². The Morgan fingerprint density at radius 2 is 2.33 bits per heavy atom. The van der Waals surface area contributed by atoms with E-state index >= 15 is 0 Å². The predicted molar refractivity (Wildman–Crippen MR) is 52.4 cm³/mol. The molecular formula is C8H15NO2S. The number of carboxylic acids is 1. The number of hydrogen-bond donors (Lipinski definition) is 2. The van der Waals surface area contributed by atoms with E-state index in [4.69, 9.17) is 10.8 Å². The SMILES string of the molecule is CC(=CC(=O)O)CSC(C)CN. The smallest absolute Gasteiger partial charge is 0.328 e. The zero-order valence-corrected chi connectivity index (χ0v) is 8.23. The third-order valence-electron chi connectivity index (χ3n) is 1.30. The molecule has 0 bridgehead atoms. The first kappa shape index (κ1) is 11.5. The maximum atomic E-state index is 10.2. The van der Waals surface area contributed by atoms with E-state index in [-0.39, 0.29) is 0 Å². The van der Waals surface area contributed by atoms with Crippen molar-refractivity contribution in [3.05, 3.63) is 11.6 Å². The van der Waals surface area contributed by atoms with Crippen molar-refractivity contribution in [2.75, 3.05) is 12.3 Å². The number of thioether (sulfide) groups is 1. The van der Waals surface area contributed by atoms with Crippen LogP contribution in [0.2, 0.25) is 0 Å². The van der Waals surface area contributed by atoms with Gasteiger partial charge in [0.2, 0.25) is 0 Å². The van der Waals surface area contributed by atoms with Crippen LogP contribution < -0.4 is 5.73 Å². The molecule has 1 unspecified atom stereocenters. The van der Waals surface area contributed by atoms with Crippen molar-refractivity contribution in [2.24, 2.45) is 5.73 Å². The molecule has 3 nitrogen and oxygen atoms in total. The van der Waals surface area contributed by atoms with Crippen LogP contribution in [0.4, 0.5) is 0 Å². The quantitative estimate of drug-likeness (QED) is 0.636. The first-order chi connectivity index (χ1) is 5.56. The summed E-state index contributed by atoms with van der Waals surface area (Å²) in [5.41, 5.74) is 6.27. The molecule has 0 aromatic rings. The lowest BCUT2D eigenvalue weighted by Crippen LogP contribution is -2.13. The minimum atomic E-state index is -0.881. The van der Waals surface area contributed by atoms with Crippen LogP contribution in [0.1, 0.15) is 13.8 Å². The third kappa shape index (κ3) is 6.24. The summed E-state index contributed by atoms with van der Waals surface area (Å²) in [6, 6.07) is 0. The summed E-state index contributed by atoms with van der Waals surface area (Å²) in [7, 11) is 0. The zero-order valence-electron chi connectivity index (χ0n) is 7.41. The predicted octanol–water partition coefficient (Wildman–Crippen LogP) is 1.10. The van der Waals surface area contributed by atoms with Crippen molar-refractivity contribution >= 4 is 17.7 Å². The van der Waals surface area contributed by atoms with Gasteiger partial charge in [0.05, 0.1) is 0 Å². The second-order valence-electron chi connectivity index (χ2n) is 2.69. The highest BCUT2D eigenvalue weighted by molar-refractivity contribution is 8.00. The monoisotopic (exact) mass is 189 g/mol. The van der Waals surface area contributed by atoms with Gasteiger partial charge in [0.1, 0.15) is 0 Å². The van der Waals surface area contributed by atoms with Crippen LogP contribution in [-0.2, 0) is 4.79 Å². The number of hydrogen-bond acceptors (Lipinski definition) is 3. The highest BCUT2D eigenvalue weighted by Crippen LogP contribution is 2.12. The first-order valence-corrected chi connectivity index (χ1v) is 4.83. The Bertz CT molecular complexity index is 180. The Kier molecular flexibility index (Phi) is 5.84. The van der Waals surface area contributed by atoms with Crippen molar-refractivity contribution in [2.45, 2.75) is 19.1 Å². The van der Waals surface area contributed by atoms with Crippen LogP contribution >= 0.6 is 11.8 Å². The van der Waals surface area contributed by atoms with Gasteiger partial charge in [0, 0.05) is 23.6 Å². The third-order valence-corrected chi connectivity index (χ3v) is 2.68. The minimum Gasteiger partial charge on any atom is -0.478 e. The fourth-order valence-electron chi connectivity index (χ4n) is 0.594. The van der Waals surface area contributed by atoms with Gasteiger partial charge in [0.25, 0.3) is 0 Å². The normalized spacial score (nSPS) is 14.4. The molecule has 0 saturated carbocycles. The number of rotatable bonds is 5. The van der Waals surface area contributed by atoms with Gasteiger partial charge < -0.3 is 10.8 Å². The molecule has 12 heavy (non-hydrogen) atoms. The lowest BCUT2D eigenvalue weighted by atomic mass is 10.3. The van der Waals surface area contributed by atoms with Gasteiger partial charge in [-0.2, -0.15) is 11.8 Å². The summed E-state index contributed by atoms with van der Waals surface area (Å²) < 4.78 is 0. The molecule has 0 fully saturated rings. The molecule has 0 aliphatic rings. The molecule has 0 aliphatic heterocycles. The molecule has 0 aromatic carbocycles. The Balaban J connectivity index is 3.70. The van der Waals surface area contributed by atoms with Crippen LogP contribution in [0.25, 0.3) is 0 Å². The standard InChI is InChI=1S/C8H15NO2S/c1-6(3-8(10)11)5-12-7(2)4-9/h3,7H,4-5,9H2,1-2H3,(H,10,11). The average molecular weight is 189 g/mol. The second-order valence-corrected chi connectivity index (χ2v) is 4.11. The van der Waals surface area contributed by atoms with E-state index in [2.05, 4.69) is 0 Å². The molecule has 0 amide bonds. The highest BCUT2D eigenvalue weighted by atomic mass is 32.2. The molecule has 0 rings (SSSR count). The van der Waals surface area contributed by atoms with Gasteiger partial charge in [-0.05, 0) is 6.92 Å². The van der Waals surface area contributed by atoms with Crippen molar-refractivity contribution in [1.82, 2.24) is 0 Å². The number of carbonyl (C=O) groups is 1. The van der Waals surface area contributed by atoms with Crippen molar-refractivity contribution < 1.29 is 9.90 Å². The van der Waals surface area contributed by atoms with Crippen molar-refractivity contribution in [1.29, 1.82) is 0 Å². The van der Waals surface area contributed by atoms with Gasteiger partial charge in [-0.3, -0.25) is 0 Å². The van der Waals surface area contributed by atoms with Crippen LogP contribution in [0, 0.1) is 0 Å². The Morgan fingerprint density at radius 3 is 2.75 bits per heavy atom. The summed E-state index contributed by atoms with van der Waals surface area (Å²) in [4.78, 5) is 10.2. The number of carboxylic acid groups (broad SMARTS) is 1. The summed E-state index contributed by atoms with van der Waals surface area (Å²) in [6.07, 6.45) is 1.23. The Hall–Kier alpha value is -0.480. The van der Waals surface area contributed by atoms with E-state index in [1.165, 1.54) is 6.08 Å². The molecular weight excluding hydrogens is 174 g/mol. The van der Waals surface area contributed by atoms with E-state index < -0.39 is 5.97 Å². The van der Waals surface area contributed by atoms with Crippen LogP contribution in [-0.4, -0.2) is 28.6 Å². The lowest BCUT2D eigenvalue weighted by Gasteiger charge is -2.06. The Labute approximate surface area is 77.0 Å². The molecule has 4 heteroatoms. The maximum Gasteiger partial charge on any atom is 0.328 e. The molecule has 3 N–H and O–H groups in total. The van der Waals surface area contributed by atoms with E-state index in [0.29, 0.717) is 11.8 Å². The molecule has 0 radical (unpaired) electrons. The number of aliphatic carboxylic acids is 1. The van der Waals surface area contributed by atoms with E-state index in [1.54, 1.807) is 11.8 Å². The fraction of sp³-hybridized carbons (Fsp3) is 0.625. The van der Waals surface area contributed by atoms with Gasteiger partial charge in [-0.25, -0.2) is 4.79 Å². The van der Waals surface area contributed by atoms with E-state index in [1.807, 2.05) is 13.8 Å². The average Bonchev–Trinajstić information content (AvgIpc) is 1.99. The fourth-order valence-corrected chi connectivity index (χ4v) is 1.36. The first-order valence-electron chi connectivity index (χ1n) is 3.78. The van der Waals surface area contributed by atoms with Crippen LogP contribution in [0.3, 0.4) is 0 Å². The molecule has 70 valence electrons. The largest absolute Gasteiger partial charge is 0.478 e. The zero-order chi connectivity index (χ0) is 9.56. The molecule has 0 aromatic heterocycles. The van der Waals surface area contributed by atoms with Crippen LogP contribution in [0.15, 0.2) is 11.6 Å². The summed E-state index contributed by atoms with van der Waals surface area (Å²) in [5, 5.41) is 8.79. The molecule has 0 aliphatic carbocycles. The van der Waals surface area contributed by atoms with Gasteiger partial charge in [0.15, 0.2) is 0 Å². The summed E-state index contributed by atoms with van der Waals surface area (Å²) >= 11 is 1.67. The molecule has 1 atom stereocenters. The van der Waals surface area contributed by atoms with E-state index in [0.717, 1.165) is 11.3 Å². The molecule has 0 saturated heterocycles. The summed E-state index contributed by atoms with van der Waals surface area (Å²) in [6.45, 7) is 4.47. The Morgan fingerprint density at radius 1 is 1.75 bits per heavy atom. The van der Waals surface area contributed by atoms with Gasteiger partial charge in [-0.15, -0.1) is 0 Å². The van der Waals surface area contributed by atoms with Gasteiger partial charge in [-0.1, -0.05) is 12.5 Å². The van der Waals surface area contributed by atoms with Crippen LogP contribution in [0.5, 0.6) is 0 Å². The molecule has 0 spiro atoms. The summed E-state index contributed by atoms with van der Waals surface area (Å²) in [5.74, 6) is -0.140. The molecule has 0 heterocycles. The lowest BCUT2D eigenvalue weighted by molar-refractivity contribution is -0.131. The second kappa shape index (κ2) is 6.08. The van der Waals surface area contributed by atoms with E-state index in [9.17, 15) is 4.79 Å². The minimum absolute atomic E-state index is 0.391. The van der Waals surface area contributed by atoms with Crippen molar-refractivity contribution in [3.63, 3.8) is 0 Å². The number of nitrogens with two attached hydrogens (primary N) is 1. The highest BCUT2D eigenvalue weighted by Gasteiger charge is 2.00. The van der Waals surface area contributed by atoms with Gasteiger partial charge >= 0.3 is 5.97 Å². The van der Waals surface area contributed by atoms with Crippen molar-refractivity contribution in [3.8, 4) is 0 Å².